The number of hydrogen-bond donors (Lipinski definition) is 0. The Labute approximate surface area is 152 Å². The van der Waals surface area contributed by atoms with Gasteiger partial charge in [0.05, 0.1) is 15.7 Å². The molecule has 1 heterocycles. The third-order valence-electron chi connectivity index (χ3n) is 4.06. The predicted octanol–water partition coefficient (Wildman–Crippen LogP) is 4.06. The van der Waals surface area contributed by atoms with Crippen molar-refractivity contribution in [3.8, 4) is 5.75 Å². The van der Waals surface area contributed by atoms with Gasteiger partial charge in [0.2, 0.25) is 0 Å². The van der Waals surface area contributed by atoms with E-state index in [0.29, 0.717) is 10.2 Å². The first kappa shape index (κ1) is 19.3. The first-order valence-electron chi connectivity index (χ1n) is 7.87. The van der Waals surface area contributed by atoms with E-state index in [1.165, 1.54) is 0 Å². The van der Waals surface area contributed by atoms with Crippen molar-refractivity contribution in [2.45, 2.75) is 65.3 Å². The summed E-state index contributed by atoms with van der Waals surface area (Å²) in [5.41, 5.74) is -0.574. The SMILES string of the molecule is CC(C)(C)OC(=O)Oc1ccc(B2OC(C)(C)C(C)(C)O2)cc1Br. The lowest BCUT2D eigenvalue weighted by Crippen LogP contribution is -2.41. The second-order valence-corrected chi connectivity index (χ2v) is 8.70. The van der Waals surface area contributed by atoms with Crippen molar-refractivity contribution in [2.75, 3.05) is 0 Å². The molecule has 1 fully saturated rings. The summed E-state index contributed by atoms with van der Waals surface area (Å²) in [6.45, 7) is 13.4. The zero-order valence-electron chi connectivity index (χ0n) is 15.2. The molecule has 0 amide bonds. The molecule has 0 aliphatic carbocycles. The Kier molecular flexibility index (Phi) is 5.10. The number of rotatable bonds is 2. The van der Waals surface area contributed by atoms with Crippen LogP contribution >= 0.6 is 15.9 Å². The summed E-state index contributed by atoms with van der Waals surface area (Å²) in [7, 11) is -0.470. The second-order valence-electron chi connectivity index (χ2n) is 7.84. The number of halogens is 1. The maximum absolute atomic E-state index is 11.8. The average Bonchev–Trinajstić information content (AvgIpc) is 2.58. The van der Waals surface area contributed by atoms with Crippen LogP contribution in [0.1, 0.15) is 48.5 Å². The molecule has 24 heavy (non-hydrogen) atoms. The van der Waals surface area contributed by atoms with E-state index in [-0.39, 0.29) is 0 Å². The summed E-state index contributed by atoms with van der Waals surface area (Å²) in [6, 6.07) is 5.32. The number of hydrogen-bond acceptors (Lipinski definition) is 5. The summed E-state index contributed by atoms with van der Waals surface area (Å²) in [4.78, 5) is 11.8. The Bertz CT molecular complexity index is 620. The van der Waals surface area contributed by atoms with Gasteiger partial charge in [-0.1, -0.05) is 6.07 Å². The van der Waals surface area contributed by atoms with Crippen LogP contribution in [0.25, 0.3) is 0 Å². The van der Waals surface area contributed by atoms with Crippen LogP contribution in [0.2, 0.25) is 0 Å². The molecule has 0 N–H and O–H groups in total. The van der Waals surface area contributed by atoms with Gasteiger partial charge < -0.3 is 18.8 Å². The fraction of sp³-hybridized carbons (Fsp3) is 0.588. The van der Waals surface area contributed by atoms with E-state index in [2.05, 4.69) is 15.9 Å². The minimum atomic E-state index is -0.744. The van der Waals surface area contributed by atoms with Crippen LogP contribution in [0.3, 0.4) is 0 Å². The third-order valence-corrected chi connectivity index (χ3v) is 4.68. The van der Waals surface area contributed by atoms with E-state index in [9.17, 15) is 4.79 Å². The molecule has 2 rings (SSSR count). The van der Waals surface area contributed by atoms with Gasteiger partial charge in [-0.05, 0) is 82.0 Å². The average molecular weight is 399 g/mol. The molecule has 0 radical (unpaired) electrons. The minimum Gasteiger partial charge on any atom is -0.428 e. The van der Waals surface area contributed by atoms with Crippen molar-refractivity contribution >= 4 is 34.7 Å². The van der Waals surface area contributed by atoms with Crippen LogP contribution in [0.15, 0.2) is 22.7 Å². The highest BCUT2D eigenvalue weighted by Gasteiger charge is 2.51. The highest BCUT2D eigenvalue weighted by atomic mass is 79.9. The van der Waals surface area contributed by atoms with Gasteiger partial charge >= 0.3 is 13.3 Å². The monoisotopic (exact) mass is 398 g/mol. The van der Waals surface area contributed by atoms with E-state index in [4.69, 9.17) is 18.8 Å². The van der Waals surface area contributed by atoms with E-state index in [1.54, 1.807) is 26.8 Å². The van der Waals surface area contributed by atoms with Crippen molar-refractivity contribution in [1.29, 1.82) is 0 Å². The Morgan fingerprint density at radius 3 is 2.12 bits per heavy atom. The van der Waals surface area contributed by atoms with Crippen LogP contribution < -0.4 is 10.2 Å². The van der Waals surface area contributed by atoms with Crippen LogP contribution in [0, 0.1) is 0 Å². The van der Waals surface area contributed by atoms with E-state index >= 15 is 0 Å². The van der Waals surface area contributed by atoms with Crippen molar-refractivity contribution < 1.29 is 23.6 Å². The summed E-state index contributed by atoms with van der Waals surface area (Å²) in [6.07, 6.45) is -0.744. The molecule has 1 aromatic rings. The molecule has 1 aliphatic rings. The highest BCUT2D eigenvalue weighted by Crippen LogP contribution is 2.37. The molecule has 0 aromatic heterocycles. The van der Waals surface area contributed by atoms with Gasteiger partial charge in [0.15, 0.2) is 0 Å². The number of carbonyl (C=O) groups is 1. The van der Waals surface area contributed by atoms with Crippen LogP contribution in [-0.2, 0) is 14.0 Å². The van der Waals surface area contributed by atoms with Crippen LogP contribution in [-0.4, -0.2) is 30.1 Å². The maximum atomic E-state index is 11.8. The molecule has 0 atom stereocenters. The van der Waals surface area contributed by atoms with E-state index < -0.39 is 30.1 Å². The van der Waals surface area contributed by atoms with Gasteiger partial charge in [-0.25, -0.2) is 4.79 Å². The lowest BCUT2D eigenvalue weighted by atomic mass is 9.79. The fourth-order valence-electron chi connectivity index (χ4n) is 2.09. The van der Waals surface area contributed by atoms with E-state index in [0.717, 1.165) is 5.46 Å². The number of ether oxygens (including phenoxy) is 2. The quantitative estimate of drug-likeness (QED) is 0.427. The van der Waals surface area contributed by atoms with Gasteiger partial charge in [0.1, 0.15) is 11.4 Å². The van der Waals surface area contributed by atoms with Gasteiger partial charge in [-0.15, -0.1) is 0 Å². The zero-order valence-corrected chi connectivity index (χ0v) is 16.8. The topological polar surface area (TPSA) is 54.0 Å². The Morgan fingerprint density at radius 1 is 1.12 bits per heavy atom. The molecular weight excluding hydrogens is 375 g/mol. The fourth-order valence-corrected chi connectivity index (χ4v) is 2.56. The van der Waals surface area contributed by atoms with Crippen molar-refractivity contribution in [3.05, 3.63) is 22.7 Å². The standard InChI is InChI=1S/C17H24BBrO5/c1-15(2,3)22-14(20)21-13-9-8-11(10-12(13)19)18-23-16(4,5)17(6,7)24-18/h8-10H,1-7H3. The largest absolute Gasteiger partial charge is 0.514 e. The van der Waals surface area contributed by atoms with Gasteiger partial charge in [0.25, 0.3) is 0 Å². The minimum absolute atomic E-state index is 0.379. The molecule has 1 saturated heterocycles. The normalized spacial score (nSPS) is 19.2. The van der Waals surface area contributed by atoms with Crippen LogP contribution in [0.5, 0.6) is 5.75 Å². The second kappa shape index (κ2) is 6.35. The Morgan fingerprint density at radius 2 is 1.67 bits per heavy atom. The molecule has 1 aromatic carbocycles. The molecular formula is C17H24BBrO5. The molecule has 7 heteroatoms. The molecule has 0 saturated carbocycles. The summed E-state index contributed by atoms with van der Waals surface area (Å²) in [5.74, 6) is 0.379. The smallest absolute Gasteiger partial charge is 0.428 e. The molecule has 1 aliphatic heterocycles. The lowest BCUT2D eigenvalue weighted by Gasteiger charge is -2.32. The van der Waals surface area contributed by atoms with Gasteiger partial charge in [-0.2, -0.15) is 0 Å². The molecule has 0 bridgehead atoms. The van der Waals surface area contributed by atoms with Crippen molar-refractivity contribution in [2.24, 2.45) is 0 Å². The summed E-state index contributed by atoms with van der Waals surface area (Å²) < 4.78 is 23.0. The lowest BCUT2D eigenvalue weighted by molar-refractivity contribution is 0.00578. The van der Waals surface area contributed by atoms with Gasteiger partial charge in [-0.3, -0.25) is 0 Å². The molecule has 0 spiro atoms. The predicted molar refractivity (Wildman–Crippen MR) is 96.7 cm³/mol. The zero-order chi connectivity index (χ0) is 18.3. The maximum Gasteiger partial charge on any atom is 0.514 e. The number of carbonyl (C=O) groups excluding carboxylic acids is 1. The van der Waals surface area contributed by atoms with E-state index in [1.807, 2.05) is 39.8 Å². The first-order chi connectivity index (χ1) is 10.8. The van der Waals surface area contributed by atoms with Crippen molar-refractivity contribution in [1.82, 2.24) is 0 Å². The summed E-state index contributed by atoms with van der Waals surface area (Å²) in [5, 5.41) is 0. The molecule has 5 nitrogen and oxygen atoms in total. The molecule has 0 unspecified atom stereocenters. The van der Waals surface area contributed by atoms with Crippen LogP contribution in [0.4, 0.5) is 4.79 Å². The van der Waals surface area contributed by atoms with Crippen molar-refractivity contribution in [3.63, 3.8) is 0 Å². The Hall–Kier alpha value is -1.05. The van der Waals surface area contributed by atoms with Gasteiger partial charge in [0, 0.05) is 0 Å². The highest BCUT2D eigenvalue weighted by molar-refractivity contribution is 9.10. The third kappa shape index (κ3) is 4.32. The molecule has 132 valence electrons. The number of benzene rings is 1. The first-order valence-corrected chi connectivity index (χ1v) is 8.66. The summed E-state index contributed by atoms with van der Waals surface area (Å²) >= 11 is 3.42. The Balaban J connectivity index is 2.12.